The Balaban J connectivity index is 2.38. The van der Waals surface area contributed by atoms with E-state index >= 15 is 0 Å². The molecule has 1 aliphatic carbocycles. The summed E-state index contributed by atoms with van der Waals surface area (Å²) >= 11 is 0. The highest BCUT2D eigenvalue weighted by atomic mass is 16.4. The SMILES string of the molecule is CCCCCCC(C(=O)O)C1(C(=O)c2c(C)cc(C)cc2C)CCCC1. The summed E-state index contributed by atoms with van der Waals surface area (Å²) in [4.78, 5) is 25.9. The first kappa shape index (κ1) is 20.7. The predicted octanol–water partition coefficient (Wildman–Crippen LogP) is 6.03. The molecule has 1 aliphatic rings. The number of carboxylic acids is 1. The van der Waals surface area contributed by atoms with Gasteiger partial charge in [-0.2, -0.15) is 0 Å². The molecule has 1 aromatic rings. The summed E-state index contributed by atoms with van der Waals surface area (Å²) in [5.74, 6) is -1.28. The first-order valence-electron chi connectivity index (χ1n) is 10.2. The van der Waals surface area contributed by atoms with E-state index in [1.165, 1.54) is 0 Å². The second kappa shape index (κ2) is 8.83. The van der Waals surface area contributed by atoms with E-state index in [2.05, 4.69) is 6.92 Å². The molecule has 3 nitrogen and oxygen atoms in total. The number of aryl methyl sites for hydroxylation is 3. The Kier molecular flexibility index (Phi) is 7.02. The van der Waals surface area contributed by atoms with E-state index in [0.29, 0.717) is 19.3 Å². The fourth-order valence-corrected chi connectivity index (χ4v) is 4.94. The van der Waals surface area contributed by atoms with Gasteiger partial charge in [-0.15, -0.1) is 0 Å². The van der Waals surface area contributed by atoms with Crippen molar-refractivity contribution in [3.63, 3.8) is 0 Å². The van der Waals surface area contributed by atoms with Crippen LogP contribution >= 0.6 is 0 Å². The van der Waals surface area contributed by atoms with Crippen molar-refractivity contribution < 1.29 is 14.7 Å². The molecule has 0 radical (unpaired) electrons. The molecule has 26 heavy (non-hydrogen) atoms. The molecule has 0 aliphatic heterocycles. The molecule has 0 spiro atoms. The second-order valence-corrected chi connectivity index (χ2v) is 8.21. The molecule has 0 bridgehead atoms. The number of unbranched alkanes of at least 4 members (excludes halogenated alkanes) is 3. The fraction of sp³-hybridized carbons (Fsp3) is 0.652. The van der Waals surface area contributed by atoms with Crippen molar-refractivity contribution in [3.8, 4) is 0 Å². The normalized spacial score (nSPS) is 17.2. The van der Waals surface area contributed by atoms with Gasteiger partial charge in [-0.3, -0.25) is 9.59 Å². The first-order chi connectivity index (χ1) is 12.3. The molecular formula is C23H34O3. The zero-order valence-electron chi connectivity index (χ0n) is 16.9. The van der Waals surface area contributed by atoms with Gasteiger partial charge in [0.05, 0.1) is 5.92 Å². The lowest BCUT2D eigenvalue weighted by Crippen LogP contribution is -2.41. The maximum absolute atomic E-state index is 13.7. The third-order valence-corrected chi connectivity index (χ3v) is 6.16. The van der Waals surface area contributed by atoms with E-state index in [1.807, 2.05) is 32.9 Å². The Morgan fingerprint density at radius 1 is 1.04 bits per heavy atom. The number of carbonyl (C=O) groups excluding carboxylic acids is 1. The average molecular weight is 359 g/mol. The van der Waals surface area contributed by atoms with Crippen LogP contribution in [-0.4, -0.2) is 16.9 Å². The first-order valence-corrected chi connectivity index (χ1v) is 10.2. The van der Waals surface area contributed by atoms with Crippen molar-refractivity contribution >= 4 is 11.8 Å². The monoisotopic (exact) mass is 358 g/mol. The molecule has 1 fully saturated rings. The minimum atomic E-state index is -0.792. The van der Waals surface area contributed by atoms with Crippen LogP contribution in [0.4, 0.5) is 0 Å². The molecule has 1 saturated carbocycles. The average Bonchev–Trinajstić information content (AvgIpc) is 3.04. The number of ketones is 1. The van der Waals surface area contributed by atoms with Gasteiger partial charge in [0.25, 0.3) is 0 Å². The zero-order chi connectivity index (χ0) is 19.3. The Morgan fingerprint density at radius 2 is 1.62 bits per heavy atom. The quantitative estimate of drug-likeness (QED) is 0.433. The topological polar surface area (TPSA) is 54.4 Å². The van der Waals surface area contributed by atoms with Crippen LogP contribution in [0.15, 0.2) is 12.1 Å². The summed E-state index contributed by atoms with van der Waals surface area (Å²) in [6.07, 6.45) is 8.15. The van der Waals surface area contributed by atoms with Crippen LogP contribution in [0.2, 0.25) is 0 Å². The zero-order valence-corrected chi connectivity index (χ0v) is 16.9. The Morgan fingerprint density at radius 3 is 2.12 bits per heavy atom. The highest BCUT2D eigenvalue weighted by molar-refractivity contribution is 6.05. The summed E-state index contributed by atoms with van der Waals surface area (Å²) in [7, 11) is 0. The van der Waals surface area contributed by atoms with E-state index in [-0.39, 0.29) is 5.78 Å². The molecule has 0 aromatic heterocycles. The highest BCUT2D eigenvalue weighted by Gasteiger charge is 2.50. The molecule has 1 aromatic carbocycles. The molecule has 2 rings (SSSR count). The number of Topliss-reactive ketones (excluding diaryl/α,β-unsaturated/α-hetero) is 1. The van der Waals surface area contributed by atoms with Gasteiger partial charge in [-0.1, -0.05) is 63.1 Å². The van der Waals surface area contributed by atoms with E-state index in [0.717, 1.165) is 60.8 Å². The number of carbonyl (C=O) groups is 2. The molecule has 1 atom stereocenters. The van der Waals surface area contributed by atoms with Gasteiger partial charge in [0.15, 0.2) is 5.78 Å². The van der Waals surface area contributed by atoms with Gasteiger partial charge in [0.2, 0.25) is 0 Å². The van der Waals surface area contributed by atoms with Crippen molar-refractivity contribution in [1.29, 1.82) is 0 Å². The van der Waals surface area contributed by atoms with Crippen LogP contribution in [0.25, 0.3) is 0 Å². The Bertz CT molecular complexity index is 630. The Hall–Kier alpha value is -1.64. The molecule has 0 amide bonds. The predicted molar refractivity (Wildman–Crippen MR) is 106 cm³/mol. The summed E-state index contributed by atoms with van der Waals surface area (Å²) < 4.78 is 0. The van der Waals surface area contributed by atoms with Gasteiger partial charge in [0, 0.05) is 11.0 Å². The molecule has 1 N–H and O–H groups in total. The van der Waals surface area contributed by atoms with Crippen LogP contribution in [0.1, 0.15) is 91.8 Å². The van der Waals surface area contributed by atoms with Crippen LogP contribution in [-0.2, 0) is 4.79 Å². The van der Waals surface area contributed by atoms with Crippen LogP contribution in [0.3, 0.4) is 0 Å². The highest BCUT2D eigenvalue weighted by Crippen LogP contribution is 2.49. The molecule has 3 heteroatoms. The lowest BCUT2D eigenvalue weighted by Gasteiger charge is -2.35. The van der Waals surface area contributed by atoms with Crippen molar-refractivity contribution in [2.45, 2.75) is 85.5 Å². The molecule has 0 saturated heterocycles. The largest absolute Gasteiger partial charge is 0.481 e. The van der Waals surface area contributed by atoms with Crippen molar-refractivity contribution in [3.05, 3.63) is 34.4 Å². The summed E-state index contributed by atoms with van der Waals surface area (Å²) in [6, 6.07) is 4.08. The Labute approximate surface area is 158 Å². The van der Waals surface area contributed by atoms with Crippen molar-refractivity contribution in [2.75, 3.05) is 0 Å². The number of aliphatic carboxylic acids is 1. The van der Waals surface area contributed by atoms with Gasteiger partial charge >= 0.3 is 5.97 Å². The molecule has 1 unspecified atom stereocenters. The summed E-state index contributed by atoms with van der Waals surface area (Å²) in [5, 5.41) is 9.98. The minimum absolute atomic E-state index is 0.0768. The lowest BCUT2D eigenvalue weighted by molar-refractivity contribution is -0.146. The van der Waals surface area contributed by atoms with E-state index in [9.17, 15) is 14.7 Å². The van der Waals surface area contributed by atoms with Crippen molar-refractivity contribution in [2.24, 2.45) is 11.3 Å². The number of hydrogen-bond acceptors (Lipinski definition) is 2. The third kappa shape index (κ3) is 4.19. The third-order valence-electron chi connectivity index (χ3n) is 6.16. The van der Waals surface area contributed by atoms with Crippen molar-refractivity contribution in [1.82, 2.24) is 0 Å². The van der Waals surface area contributed by atoms with E-state index in [4.69, 9.17) is 0 Å². The van der Waals surface area contributed by atoms with E-state index < -0.39 is 17.3 Å². The second-order valence-electron chi connectivity index (χ2n) is 8.21. The van der Waals surface area contributed by atoms with Gasteiger partial charge in [-0.05, 0) is 51.2 Å². The maximum atomic E-state index is 13.7. The smallest absolute Gasteiger partial charge is 0.307 e. The fourth-order valence-electron chi connectivity index (χ4n) is 4.94. The molecular weight excluding hydrogens is 324 g/mol. The maximum Gasteiger partial charge on any atom is 0.307 e. The summed E-state index contributed by atoms with van der Waals surface area (Å²) in [5.41, 5.74) is 3.15. The lowest BCUT2D eigenvalue weighted by atomic mass is 9.66. The van der Waals surface area contributed by atoms with Crippen LogP contribution < -0.4 is 0 Å². The van der Waals surface area contributed by atoms with Crippen LogP contribution in [0.5, 0.6) is 0 Å². The number of rotatable bonds is 9. The van der Waals surface area contributed by atoms with E-state index in [1.54, 1.807) is 0 Å². The molecule has 144 valence electrons. The summed E-state index contributed by atoms with van der Waals surface area (Å²) in [6.45, 7) is 8.15. The number of carboxylic acid groups (broad SMARTS) is 1. The molecule has 0 heterocycles. The van der Waals surface area contributed by atoms with Gasteiger partial charge in [-0.25, -0.2) is 0 Å². The minimum Gasteiger partial charge on any atom is -0.481 e. The van der Waals surface area contributed by atoms with Crippen LogP contribution in [0, 0.1) is 32.1 Å². The van der Waals surface area contributed by atoms with Gasteiger partial charge in [0.1, 0.15) is 0 Å². The number of benzene rings is 1. The van der Waals surface area contributed by atoms with Gasteiger partial charge < -0.3 is 5.11 Å². The number of hydrogen-bond donors (Lipinski definition) is 1. The standard InChI is InChI=1S/C23H34O3/c1-5-6-7-8-11-19(22(25)26)23(12-9-10-13-23)21(24)20-17(3)14-16(2)15-18(20)4/h14-15,19H,5-13H2,1-4H3,(H,25,26).